The molecule has 3 rings (SSSR count). The number of fused-ring (bicyclic) bond motifs is 1. The Kier molecular flexibility index (Phi) is 3.36. The molecule has 0 saturated carbocycles. The highest BCUT2D eigenvalue weighted by Gasteiger charge is 2.32. The van der Waals surface area contributed by atoms with Crippen molar-refractivity contribution in [1.29, 1.82) is 0 Å². The van der Waals surface area contributed by atoms with E-state index in [-0.39, 0.29) is 11.7 Å². The number of amides is 1. The molecule has 102 valence electrons. The summed E-state index contributed by atoms with van der Waals surface area (Å²) in [5, 5.41) is 3.30. The van der Waals surface area contributed by atoms with E-state index in [1.54, 1.807) is 12.3 Å². The minimum atomic E-state index is -0.603. The van der Waals surface area contributed by atoms with Gasteiger partial charge in [-0.25, -0.2) is 4.98 Å². The fourth-order valence-electron chi connectivity index (χ4n) is 2.45. The summed E-state index contributed by atoms with van der Waals surface area (Å²) < 4.78 is 0. The number of nitrogens with zero attached hydrogens (tertiary/aromatic N) is 1. The molecule has 1 aliphatic carbocycles. The van der Waals surface area contributed by atoms with Gasteiger partial charge in [0.05, 0.1) is 0 Å². The van der Waals surface area contributed by atoms with Crippen LogP contribution in [0.1, 0.15) is 27.2 Å². The molecule has 0 aliphatic heterocycles. The zero-order chi connectivity index (χ0) is 14.1. The fraction of sp³-hybridized carbons (Fsp3) is 0.267. The summed E-state index contributed by atoms with van der Waals surface area (Å²) in [6, 6.07) is 7.50. The minimum absolute atomic E-state index is 0.0855. The van der Waals surface area contributed by atoms with Crippen LogP contribution in [-0.2, 0) is 11.2 Å². The van der Waals surface area contributed by atoms with Crippen LogP contribution in [0.2, 0.25) is 0 Å². The lowest BCUT2D eigenvalue weighted by atomic mass is 9.82. The third kappa shape index (κ3) is 2.36. The Morgan fingerprint density at radius 3 is 2.95 bits per heavy atom. The van der Waals surface area contributed by atoms with Gasteiger partial charge in [-0.15, -0.1) is 11.3 Å². The van der Waals surface area contributed by atoms with Crippen LogP contribution in [0.3, 0.4) is 0 Å². The Morgan fingerprint density at radius 1 is 1.40 bits per heavy atom. The number of aryl methyl sites for hydroxylation is 2. The van der Waals surface area contributed by atoms with E-state index >= 15 is 0 Å². The molecule has 0 radical (unpaired) electrons. The second-order valence-corrected chi connectivity index (χ2v) is 6.11. The average molecular weight is 286 g/mol. The molecule has 5 heteroatoms. The van der Waals surface area contributed by atoms with Gasteiger partial charge in [-0.05, 0) is 25.3 Å². The van der Waals surface area contributed by atoms with Gasteiger partial charge in [-0.1, -0.05) is 24.3 Å². The van der Waals surface area contributed by atoms with E-state index in [0.717, 1.165) is 16.9 Å². The van der Waals surface area contributed by atoms with Crippen LogP contribution in [0.15, 0.2) is 30.5 Å². The lowest BCUT2D eigenvalue weighted by Gasteiger charge is -2.22. The second kappa shape index (κ2) is 5.17. The quantitative estimate of drug-likeness (QED) is 0.864. The lowest BCUT2D eigenvalue weighted by molar-refractivity contribution is -0.118. The van der Waals surface area contributed by atoms with Crippen molar-refractivity contribution in [2.45, 2.75) is 19.8 Å². The predicted molar refractivity (Wildman–Crippen MR) is 78.1 cm³/mol. The van der Waals surface area contributed by atoms with Crippen molar-refractivity contribution in [2.24, 2.45) is 5.92 Å². The molecule has 0 bridgehead atoms. The maximum Gasteiger partial charge on any atom is 0.237 e. The molecule has 1 unspecified atom stereocenters. The van der Waals surface area contributed by atoms with Crippen LogP contribution in [-0.4, -0.2) is 16.7 Å². The minimum Gasteiger partial charge on any atom is -0.301 e. The van der Waals surface area contributed by atoms with Gasteiger partial charge in [0, 0.05) is 16.6 Å². The maximum atomic E-state index is 12.4. The molecule has 1 aliphatic rings. The molecular formula is C15H14N2O2S. The van der Waals surface area contributed by atoms with Gasteiger partial charge in [0.25, 0.3) is 0 Å². The van der Waals surface area contributed by atoms with Gasteiger partial charge in [-0.3, -0.25) is 9.59 Å². The molecule has 1 aromatic carbocycles. The van der Waals surface area contributed by atoms with Crippen molar-refractivity contribution in [2.75, 3.05) is 5.32 Å². The van der Waals surface area contributed by atoms with E-state index < -0.39 is 5.92 Å². The fourth-order valence-corrected chi connectivity index (χ4v) is 3.12. The summed E-state index contributed by atoms with van der Waals surface area (Å²) >= 11 is 1.41. The summed E-state index contributed by atoms with van der Waals surface area (Å²) in [4.78, 5) is 29.7. The number of ketones is 1. The highest BCUT2D eigenvalue weighted by molar-refractivity contribution is 7.15. The third-order valence-electron chi connectivity index (χ3n) is 3.47. The zero-order valence-corrected chi connectivity index (χ0v) is 11.9. The summed E-state index contributed by atoms with van der Waals surface area (Å²) in [6.45, 7) is 1.93. The van der Waals surface area contributed by atoms with Crippen molar-refractivity contribution in [1.82, 2.24) is 4.98 Å². The molecule has 0 saturated heterocycles. The predicted octanol–water partition coefficient (Wildman–Crippen LogP) is 2.84. The molecule has 1 aromatic heterocycles. The Hall–Kier alpha value is -2.01. The molecule has 0 spiro atoms. The molecule has 4 nitrogen and oxygen atoms in total. The number of carbonyl (C=O) groups is 2. The van der Waals surface area contributed by atoms with Crippen molar-refractivity contribution in [3.8, 4) is 0 Å². The summed E-state index contributed by atoms with van der Waals surface area (Å²) in [5.74, 6) is -0.939. The summed E-state index contributed by atoms with van der Waals surface area (Å²) in [5.41, 5.74) is 1.71. The van der Waals surface area contributed by atoms with E-state index in [4.69, 9.17) is 0 Å². The Labute approximate surface area is 120 Å². The zero-order valence-electron chi connectivity index (χ0n) is 11.1. The van der Waals surface area contributed by atoms with Crippen LogP contribution in [0, 0.1) is 12.8 Å². The molecule has 20 heavy (non-hydrogen) atoms. The number of nitrogens with one attached hydrogen (secondary N) is 1. The molecule has 2 aromatic rings. The number of hydrogen-bond acceptors (Lipinski definition) is 4. The lowest BCUT2D eigenvalue weighted by Crippen LogP contribution is -2.33. The van der Waals surface area contributed by atoms with Crippen molar-refractivity contribution in [3.05, 3.63) is 46.5 Å². The van der Waals surface area contributed by atoms with Crippen LogP contribution in [0.4, 0.5) is 5.13 Å². The van der Waals surface area contributed by atoms with E-state index in [0.29, 0.717) is 17.1 Å². The highest BCUT2D eigenvalue weighted by atomic mass is 32.1. The molecular weight excluding hydrogens is 272 g/mol. The van der Waals surface area contributed by atoms with Crippen molar-refractivity contribution < 1.29 is 9.59 Å². The number of carbonyl (C=O) groups excluding carboxylic acids is 2. The summed E-state index contributed by atoms with van der Waals surface area (Å²) in [7, 11) is 0. The second-order valence-electron chi connectivity index (χ2n) is 4.88. The first kappa shape index (κ1) is 13.0. The van der Waals surface area contributed by atoms with Crippen LogP contribution >= 0.6 is 11.3 Å². The van der Waals surface area contributed by atoms with Crippen LogP contribution in [0.5, 0.6) is 0 Å². The number of thiazole rings is 1. The first-order chi connectivity index (χ1) is 9.65. The van der Waals surface area contributed by atoms with E-state index in [1.165, 1.54) is 11.3 Å². The van der Waals surface area contributed by atoms with Crippen molar-refractivity contribution >= 4 is 28.2 Å². The molecule has 1 heterocycles. The van der Waals surface area contributed by atoms with Gasteiger partial charge in [0.15, 0.2) is 10.9 Å². The SMILES string of the molecule is Cc1cnc(NC(=O)C2CCc3ccccc3C2=O)s1. The smallest absolute Gasteiger partial charge is 0.237 e. The van der Waals surface area contributed by atoms with E-state index in [2.05, 4.69) is 10.3 Å². The number of anilines is 1. The molecule has 1 amide bonds. The molecule has 0 fully saturated rings. The molecule has 1 atom stereocenters. The summed E-state index contributed by atoms with van der Waals surface area (Å²) in [6.07, 6.45) is 3.03. The van der Waals surface area contributed by atoms with Gasteiger partial charge in [-0.2, -0.15) is 0 Å². The number of benzene rings is 1. The topological polar surface area (TPSA) is 59.1 Å². The van der Waals surface area contributed by atoms with E-state index in [9.17, 15) is 9.59 Å². The number of hydrogen-bond donors (Lipinski definition) is 1. The first-order valence-electron chi connectivity index (χ1n) is 6.50. The van der Waals surface area contributed by atoms with E-state index in [1.807, 2.05) is 25.1 Å². The normalized spacial score (nSPS) is 17.6. The first-order valence-corrected chi connectivity index (χ1v) is 7.32. The number of rotatable bonds is 2. The van der Waals surface area contributed by atoms with Gasteiger partial charge in [0.1, 0.15) is 5.92 Å². The standard InChI is InChI=1S/C15H14N2O2S/c1-9-8-16-15(20-9)17-14(19)12-7-6-10-4-2-3-5-11(10)13(12)18/h2-5,8,12H,6-7H2,1H3,(H,16,17,19). The van der Waals surface area contributed by atoms with Gasteiger partial charge in [0.2, 0.25) is 5.91 Å². The van der Waals surface area contributed by atoms with Crippen LogP contribution < -0.4 is 5.32 Å². The number of Topliss-reactive ketones (excluding diaryl/α,β-unsaturated/α-hetero) is 1. The maximum absolute atomic E-state index is 12.4. The highest BCUT2D eigenvalue weighted by Crippen LogP contribution is 2.27. The Balaban J connectivity index is 1.78. The largest absolute Gasteiger partial charge is 0.301 e. The van der Waals surface area contributed by atoms with Crippen molar-refractivity contribution in [3.63, 3.8) is 0 Å². The van der Waals surface area contributed by atoms with Gasteiger partial charge < -0.3 is 5.32 Å². The Morgan fingerprint density at radius 2 is 2.20 bits per heavy atom. The molecule has 1 N–H and O–H groups in total. The number of aromatic nitrogens is 1. The third-order valence-corrected chi connectivity index (χ3v) is 4.30. The Bertz CT molecular complexity index is 678. The average Bonchev–Trinajstić information content (AvgIpc) is 2.84. The van der Waals surface area contributed by atoms with Gasteiger partial charge >= 0.3 is 0 Å². The van der Waals surface area contributed by atoms with Crippen LogP contribution in [0.25, 0.3) is 0 Å². The monoisotopic (exact) mass is 286 g/mol.